The fourth-order valence-corrected chi connectivity index (χ4v) is 3.69. The molecule has 0 spiro atoms. The quantitative estimate of drug-likeness (QED) is 0.470. The largest absolute Gasteiger partial charge is 0.497 e. The van der Waals surface area contributed by atoms with Gasteiger partial charge in [0.05, 0.1) is 17.6 Å². The van der Waals surface area contributed by atoms with E-state index in [1.165, 1.54) is 35.6 Å². The van der Waals surface area contributed by atoms with Gasteiger partial charge in [-0.25, -0.2) is 13.2 Å². The van der Waals surface area contributed by atoms with Crippen molar-refractivity contribution in [2.24, 2.45) is 0 Å². The van der Waals surface area contributed by atoms with Crippen LogP contribution in [-0.2, 0) is 14.8 Å². The number of ether oxygens (including phenoxy) is 3. The molecule has 28 heavy (non-hydrogen) atoms. The van der Waals surface area contributed by atoms with E-state index in [1.807, 2.05) is 0 Å². The molecule has 0 heterocycles. The van der Waals surface area contributed by atoms with Gasteiger partial charge in [0.1, 0.15) is 24.7 Å². The van der Waals surface area contributed by atoms with Crippen LogP contribution in [0.2, 0.25) is 0 Å². The molecule has 0 bridgehead atoms. The van der Waals surface area contributed by atoms with E-state index in [0.717, 1.165) is 5.75 Å². The van der Waals surface area contributed by atoms with E-state index in [-0.39, 0.29) is 29.7 Å². The summed E-state index contributed by atoms with van der Waals surface area (Å²) in [6.07, 6.45) is 0. The van der Waals surface area contributed by atoms with Gasteiger partial charge in [-0.15, -0.1) is 0 Å². The maximum Gasteiger partial charge on any atom is 0.338 e. The highest BCUT2D eigenvalue weighted by molar-refractivity contribution is 7.89. The maximum atomic E-state index is 12.6. The molecular weight excluding hydrogens is 382 g/mol. The lowest BCUT2D eigenvalue weighted by Crippen LogP contribution is -2.33. The van der Waals surface area contributed by atoms with E-state index in [0.29, 0.717) is 5.75 Å². The van der Waals surface area contributed by atoms with Crippen LogP contribution in [0.15, 0.2) is 53.4 Å². The molecule has 0 saturated heterocycles. The predicted octanol–water partition coefficient (Wildman–Crippen LogP) is 2.96. The molecular formula is C20H25NO6S. The maximum absolute atomic E-state index is 12.6. The summed E-state index contributed by atoms with van der Waals surface area (Å²) in [6.45, 7) is 3.76. The van der Waals surface area contributed by atoms with Gasteiger partial charge in [-0.1, -0.05) is 6.07 Å². The molecule has 0 aliphatic carbocycles. The zero-order valence-electron chi connectivity index (χ0n) is 16.4. The molecule has 2 aromatic carbocycles. The molecule has 0 aliphatic heterocycles. The Bertz CT molecular complexity index is 893. The van der Waals surface area contributed by atoms with E-state index in [4.69, 9.17) is 14.2 Å². The Labute approximate surface area is 165 Å². The summed E-state index contributed by atoms with van der Waals surface area (Å²) >= 11 is 0. The summed E-state index contributed by atoms with van der Waals surface area (Å²) in [5.74, 6) is 0.737. The Morgan fingerprint density at radius 3 is 2.29 bits per heavy atom. The average molecular weight is 407 g/mol. The van der Waals surface area contributed by atoms with Crippen LogP contribution in [0.1, 0.15) is 24.2 Å². The van der Waals surface area contributed by atoms with Crippen LogP contribution >= 0.6 is 0 Å². The number of rotatable bonds is 9. The van der Waals surface area contributed by atoms with Crippen LogP contribution < -0.4 is 9.47 Å². The third kappa shape index (κ3) is 5.46. The molecule has 0 fully saturated rings. The number of esters is 1. The van der Waals surface area contributed by atoms with Crippen LogP contribution in [0, 0.1) is 0 Å². The summed E-state index contributed by atoms with van der Waals surface area (Å²) in [7, 11) is -0.589. The molecule has 8 heteroatoms. The van der Waals surface area contributed by atoms with E-state index < -0.39 is 16.0 Å². The number of hydrogen-bond donors (Lipinski definition) is 0. The van der Waals surface area contributed by atoms with E-state index in [2.05, 4.69) is 0 Å². The Hall–Kier alpha value is -2.58. The molecule has 0 N–H and O–H groups in total. The van der Waals surface area contributed by atoms with Gasteiger partial charge in [-0.2, -0.15) is 4.31 Å². The number of carbonyl (C=O) groups is 1. The van der Waals surface area contributed by atoms with Gasteiger partial charge in [0.25, 0.3) is 0 Å². The fourth-order valence-electron chi connectivity index (χ4n) is 2.28. The molecule has 0 atom stereocenters. The first-order valence-electron chi connectivity index (χ1n) is 8.77. The molecule has 0 saturated carbocycles. The molecule has 0 amide bonds. The van der Waals surface area contributed by atoms with Crippen molar-refractivity contribution in [1.82, 2.24) is 4.31 Å². The van der Waals surface area contributed by atoms with Gasteiger partial charge in [0.2, 0.25) is 10.0 Å². The zero-order valence-corrected chi connectivity index (χ0v) is 17.2. The van der Waals surface area contributed by atoms with Crippen molar-refractivity contribution in [3.05, 3.63) is 54.1 Å². The van der Waals surface area contributed by atoms with E-state index in [9.17, 15) is 13.2 Å². The van der Waals surface area contributed by atoms with Crippen molar-refractivity contribution in [3.63, 3.8) is 0 Å². The highest BCUT2D eigenvalue weighted by Gasteiger charge is 2.24. The van der Waals surface area contributed by atoms with Crippen LogP contribution in [0.3, 0.4) is 0 Å². The fraction of sp³-hybridized carbons (Fsp3) is 0.350. The summed E-state index contributed by atoms with van der Waals surface area (Å²) in [6, 6.07) is 12.6. The molecule has 152 valence electrons. The van der Waals surface area contributed by atoms with Crippen LogP contribution in [-0.4, -0.2) is 52.1 Å². The van der Waals surface area contributed by atoms with Crippen LogP contribution in [0.25, 0.3) is 0 Å². The summed E-state index contributed by atoms with van der Waals surface area (Å²) < 4.78 is 42.1. The first-order valence-corrected chi connectivity index (χ1v) is 10.2. The first-order chi connectivity index (χ1) is 13.3. The van der Waals surface area contributed by atoms with Gasteiger partial charge < -0.3 is 14.2 Å². The topological polar surface area (TPSA) is 82.1 Å². The molecule has 7 nitrogen and oxygen atoms in total. The minimum Gasteiger partial charge on any atom is -0.497 e. The number of methoxy groups -OCH3 is 1. The second-order valence-corrected chi connectivity index (χ2v) is 8.30. The summed E-state index contributed by atoms with van der Waals surface area (Å²) in [5.41, 5.74) is 0.169. The molecule has 0 radical (unpaired) electrons. The second kappa shape index (κ2) is 9.57. The van der Waals surface area contributed by atoms with E-state index in [1.54, 1.807) is 45.2 Å². The third-order valence-corrected chi connectivity index (χ3v) is 6.15. The minimum absolute atomic E-state index is 0.0355. The predicted molar refractivity (Wildman–Crippen MR) is 105 cm³/mol. The Morgan fingerprint density at radius 2 is 1.68 bits per heavy atom. The molecule has 2 aromatic rings. The van der Waals surface area contributed by atoms with Gasteiger partial charge >= 0.3 is 5.97 Å². The average Bonchev–Trinajstić information content (AvgIpc) is 2.70. The smallest absolute Gasteiger partial charge is 0.338 e. The summed E-state index contributed by atoms with van der Waals surface area (Å²) in [5, 5.41) is 0. The van der Waals surface area contributed by atoms with Crippen LogP contribution in [0.5, 0.6) is 11.5 Å². The van der Waals surface area contributed by atoms with Crippen molar-refractivity contribution >= 4 is 16.0 Å². The number of benzene rings is 2. The van der Waals surface area contributed by atoms with Gasteiger partial charge in [-0.05, 0) is 56.3 Å². The zero-order chi connectivity index (χ0) is 20.7. The van der Waals surface area contributed by atoms with Crippen molar-refractivity contribution in [2.45, 2.75) is 24.8 Å². The van der Waals surface area contributed by atoms with Crippen molar-refractivity contribution < 1.29 is 27.4 Å². The standard InChI is InChI=1S/C20H25NO6S/c1-15(2)21(3)28(23,24)19-7-5-6-16(14-19)20(22)27-13-12-26-18-10-8-17(25-4)9-11-18/h5-11,14-15H,12-13H2,1-4H3. The van der Waals surface area contributed by atoms with Crippen molar-refractivity contribution in [3.8, 4) is 11.5 Å². The van der Waals surface area contributed by atoms with Crippen molar-refractivity contribution in [2.75, 3.05) is 27.4 Å². The minimum atomic E-state index is -3.67. The normalized spacial score (nSPS) is 11.5. The highest BCUT2D eigenvalue weighted by atomic mass is 32.2. The van der Waals surface area contributed by atoms with Crippen molar-refractivity contribution in [1.29, 1.82) is 0 Å². The van der Waals surface area contributed by atoms with Gasteiger partial charge in [-0.3, -0.25) is 0 Å². The number of nitrogens with zero attached hydrogens (tertiary/aromatic N) is 1. The summed E-state index contributed by atoms with van der Waals surface area (Å²) in [4.78, 5) is 12.3. The Morgan fingerprint density at radius 1 is 1.04 bits per heavy atom. The SMILES string of the molecule is COc1ccc(OCCOC(=O)c2cccc(S(=O)(=O)N(C)C(C)C)c2)cc1. The lowest BCUT2D eigenvalue weighted by Gasteiger charge is -2.21. The first kappa shape index (κ1) is 21.7. The monoisotopic (exact) mass is 407 g/mol. The number of carbonyl (C=O) groups excluding carboxylic acids is 1. The molecule has 0 aromatic heterocycles. The lowest BCUT2D eigenvalue weighted by molar-refractivity contribution is 0.0450. The molecule has 0 unspecified atom stereocenters. The molecule has 2 rings (SSSR count). The third-order valence-electron chi connectivity index (χ3n) is 4.12. The second-order valence-electron chi connectivity index (χ2n) is 6.30. The Kier molecular flexibility index (Phi) is 7.42. The number of sulfonamides is 1. The molecule has 0 aliphatic rings. The van der Waals surface area contributed by atoms with Crippen LogP contribution in [0.4, 0.5) is 0 Å². The Balaban J connectivity index is 1.93. The lowest BCUT2D eigenvalue weighted by atomic mass is 10.2. The van der Waals surface area contributed by atoms with Gasteiger partial charge in [0.15, 0.2) is 0 Å². The highest BCUT2D eigenvalue weighted by Crippen LogP contribution is 2.19. The van der Waals surface area contributed by atoms with E-state index >= 15 is 0 Å². The number of hydrogen-bond acceptors (Lipinski definition) is 6. The van der Waals surface area contributed by atoms with Gasteiger partial charge in [0, 0.05) is 13.1 Å².